The number of aryl methyl sites for hydroxylation is 1. The molecule has 0 saturated carbocycles. The number of nitrogens with two attached hydrogens (primary N) is 1. The summed E-state index contributed by atoms with van der Waals surface area (Å²) in [5, 5.41) is 5.22. The maximum atomic E-state index is 6.10. The second-order valence-electron chi connectivity index (χ2n) is 3.84. The summed E-state index contributed by atoms with van der Waals surface area (Å²) in [5.41, 5.74) is 8.50. The van der Waals surface area contributed by atoms with E-state index >= 15 is 0 Å². The van der Waals surface area contributed by atoms with Crippen LogP contribution in [0.4, 0.5) is 0 Å². The van der Waals surface area contributed by atoms with E-state index in [1.807, 2.05) is 31.3 Å². The quantitative estimate of drug-likeness (QED) is 0.946. The van der Waals surface area contributed by atoms with Crippen LogP contribution in [0.25, 0.3) is 5.69 Å². The third-order valence-electron chi connectivity index (χ3n) is 2.54. The van der Waals surface area contributed by atoms with Crippen LogP contribution in [0, 0.1) is 6.92 Å². The van der Waals surface area contributed by atoms with Gasteiger partial charge in [-0.15, -0.1) is 0 Å². The minimum absolute atomic E-state index is 0.588. The molecule has 0 bridgehead atoms. The van der Waals surface area contributed by atoms with Gasteiger partial charge in [0.15, 0.2) is 0 Å². The van der Waals surface area contributed by atoms with Crippen molar-refractivity contribution in [2.75, 3.05) is 6.54 Å². The highest BCUT2D eigenvalue weighted by atomic mass is 79.9. The van der Waals surface area contributed by atoms with Gasteiger partial charge in [-0.05, 0) is 47.1 Å². The minimum atomic E-state index is 0.588. The van der Waals surface area contributed by atoms with E-state index in [0.717, 1.165) is 32.9 Å². The van der Waals surface area contributed by atoms with E-state index < -0.39 is 0 Å². The van der Waals surface area contributed by atoms with Crippen LogP contribution in [0.2, 0.25) is 5.02 Å². The predicted octanol–water partition coefficient (Wildman–Crippen LogP) is 3.10. The van der Waals surface area contributed by atoms with Gasteiger partial charge in [-0.3, -0.25) is 0 Å². The van der Waals surface area contributed by atoms with Gasteiger partial charge in [0.1, 0.15) is 0 Å². The minimum Gasteiger partial charge on any atom is -0.330 e. The molecular formula is C12H13BrClN3. The molecule has 0 amide bonds. The van der Waals surface area contributed by atoms with E-state index in [1.54, 1.807) is 4.68 Å². The molecule has 90 valence electrons. The van der Waals surface area contributed by atoms with E-state index in [9.17, 15) is 0 Å². The van der Waals surface area contributed by atoms with Gasteiger partial charge < -0.3 is 5.73 Å². The fourth-order valence-corrected chi connectivity index (χ4v) is 2.20. The van der Waals surface area contributed by atoms with Gasteiger partial charge in [-0.2, -0.15) is 5.10 Å². The van der Waals surface area contributed by atoms with E-state index in [1.165, 1.54) is 0 Å². The van der Waals surface area contributed by atoms with Crippen molar-refractivity contribution >= 4 is 27.5 Å². The maximum absolute atomic E-state index is 6.10. The van der Waals surface area contributed by atoms with Gasteiger partial charge in [0.05, 0.1) is 15.9 Å². The largest absolute Gasteiger partial charge is 0.330 e. The molecule has 1 aromatic heterocycles. The molecular weight excluding hydrogens is 302 g/mol. The Kier molecular flexibility index (Phi) is 3.86. The first-order valence-electron chi connectivity index (χ1n) is 5.32. The third-order valence-corrected chi connectivity index (χ3v) is 3.61. The fourth-order valence-electron chi connectivity index (χ4n) is 1.55. The summed E-state index contributed by atoms with van der Waals surface area (Å²) >= 11 is 9.58. The second-order valence-corrected chi connectivity index (χ2v) is 5.10. The van der Waals surface area contributed by atoms with Gasteiger partial charge in [0.25, 0.3) is 0 Å². The van der Waals surface area contributed by atoms with Crippen molar-refractivity contribution in [2.24, 2.45) is 5.73 Å². The van der Waals surface area contributed by atoms with Crippen LogP contribution in [0.15, 0.2) is 28.9 Å². The Morgan fingerprint density at radius 2 is 2.24 bits per heavy atom. The number of aromatic nitrogens is 2. The van der Waals surface area contributed by atoms with Crippen LogP contribution in [-0.4, -0.2) is 16.3 Å². The molecule has 0 radical (unpaired) electrons. The molecule has 17 heavy (non-hydrogen) atoms. The van der Waals surface area contributed by atoms with Gasteiger partial charge in [-0.1, -0.05) is 17.7 Å². The number of rotatable bonds is 3. The normalized spacial score (nSPS) is 10.8. The van der Waals surface area contributed by atoms with Crippen molar-refractivity contribution in [3.05, 3.63) is 45.1 Å². The summed E-state index contributed by atoms with van der Waals surface area (Å²) < 4.78 is 2.78. The molecule has 2 rings (SSSR count). The maximum Gasteiger partial charge on any atom is 0.0783 e. The Bertz CT molecular complexity index is 537. The zero-order valence-corrected chi connectivity index (χ0v) is 11.8. The van der Waals surface area contributed by atoms with Crippen molar-refractivity contribution in [1.82, 2.24) is 9.78 Å². The first kappa shape index (κ1) is 12.6. The molecule has 1 heterocycles. The highest BCUT2D eigenvalue weighted by Gasteiger charge is 2.07. The fraction of sp³-hybridized carbons (Fsp3) is 0.250. The molecule has 0 aliphatic rings. The lowest BCUT2D eigenvalue weighted by molar-refractivity contribution is 0.821. The zero-order chi connectivity index (χ0) is 12.4. The summed E-state index contributed by atoms with van der Waals surface area (Å²) in [6.45, 7) is 2.56. The lowest BCUT2D eigenvalue weighted by Gasteiger charge is -2.03. The van der Waals surface area contributed by atoms with Crippen LogP contribution in [0.3, 0.4) is 0 Å². The molecule has 0 aliphatic heterocycles. The first-order valence-corrected chi connectivity index (χ1v) is 6.49. The molecule has 0 fully saturated rings. The molecule has 3 nitrogen and oxygen atoms in total. The van der Waals surface area contributed by atoms with Gasteiger partial charge in [0.2, 0.25) is 0 Å². The van der Waals surface area contributed by atoms with Gasteiger partial charge in [-0.25, -0.2) is 4.68 Å². The molecule has 0 aliphatic carbocycles. The highest BCUT2D eigenvalue weighted by molar-refractivity contribution is 9.10. The van der Waals surface area contributed by atoms with Crippen LogP contribution < -0.4 is 5.73 Å². The SMILES string of the molecule is Cc1ccc(-n2cc(Br)c(CCN)n2)cc1Cl. The Balaban J connectivity index is 2.39. The number of hydrogen-bond donors (Lipinski definition) is 1. The summed E-state index contributed by atoms with van der Waals surface area (Å²) in [7, 11) is 0. The van der Waals surface area contributed by atoms with E-state index in [4.69, 9.17) is 17.3 Å². The first-order chi connectivity index (χ1) is 8.11. The third kappa shape index (κ3) is 2.70. The average Bonchev–Trinajstić information content (AvgIpc) is 2.65. The van der Waals surface area contributed by atoms with Crippen molar-refractivity contribution in [3.8, 4) is 5.69 Å². The van der Waals surface area contributed by atoms with Crippen LogP contribution in [-0.2, 0) is 6.42 Å². The van der Waals surface area contributed by atoms with E-state index in [2.05, 4.69) is 21.0 Å². The van der Waals surface area contributed by atoms with Crippen molar-refractivity contribution in [1.29, 1.82) is 0 Å². The molecule has 0 unspecified atom stereocenters. The summed E-state index contributed by atoms with van der Waals surface area (Å²) in [6.07, 6.45) is 2.68. The van der Waals surface area contributed by atoms with E-state index in [-0.39, 0.29) is 0 Å². The second kappa shape index (κ2) is 5.21. The van der Waals surface area contributed by atoms with Crippen LogP contribution in [0.1, 0.15) is 11.3 Å². The molecule has 0 spiro atoms. The summed E-state index contributed by atoms with van der Waals surface area (Å²) in [4.78, 5) is 0. The summed E-state index contributed by atoms with van der Waals surface area (Å²) in [5.74, 6) is 0. The van der Waals surface area contributed by atoms with Crippen molar-refractivity contribution < 1.29 is 0 Å². The Morgan fingerprint density at radius 1 is 1.47 bits per heavy atom. The lowest BCUT2D eigenvalue weighted by atomic mass is 10.2. The lowest BCUT2D eigenvalue weighted by Crippen LogP contribution is -2.04. The smallest absolute Gasteiger partial charge is 0.0783 e. The number of benzene rings is 1. The van der Waals surface area contributed by atoms with Crippen molar-refractivity contribution in [3.63, 3.8) is 0 Å². The van der Waals surface area contributed by atoms with Crippen LogP contribution in [0.5, 0.6) is 0 Å². The zero-order valence-electron chi connectivity index (χ0n) is 9.45. The molecule has 1 aromatic carbocycles. The summed E-state index contributed by atoms with van der Waals surface area (Å²) in [6, 6.07) is 5.88. The molecule has 5 heteroatoms. The Hall–Kier alpha value is -0.840. The molecule has 2 aromatic rings. The topological polar surface area (TPSA) is 43.8 Å². The molecule has 0 saturated heterocycles. The number of hydrogen-bond acceptors (Lipinski definition) is 2. The monoisotopic (exact) mass is 313 g/mol. The predicted molar refractivity (Wildman–Crippen MR) is 73.8 cm³/mol. The number of nitrogens with zero attached hydrogens (tertiary/aromatic N) is 2. The van der Waals surface area contributed by atoms with Crippen LogP contribution >= 0.6 is 27.5 Å². The van der Waals surface area contributed by atoms with Gasteiger partial charge >= 0.3 is 0 Å². The number of halogens is 2. The molecule has 2 N–H and O–H groups in total. The van der Waals surface area contributed by atoms with E-state index in [0.29, 0.717) is 6.54 Å². The van der Waals surface area contributed by atoms with Gasteiger partial charge in [0, 0.05) is 17.6 Å². The molecule has 0 atom stereocenters. The average molecular weight is 315 g/mol. The Morgan fingerprint density at radius 3 is 2.88 bits per heavy atom. The standard InChI is InChI=1S/C12H13BrClN3/c1-8-2-3-9(6-11(8)14)17-7-10(13)12(16-17)4-5-15/h2-3,6-7H,4-5,15H2,1H3. The van der Waals surface area contributed by atoms with Crippen molar-refractivity contribution in [2.45, 2.75) is 13.3 Å². The highest BCUT2D eigenvalue weighted by Crippen LogP contribution is 2.22. The Labute approximate surface area is 114 Å².